The van der Waals surface area contributed by atoms with Gasteiger partial charge in [-0.2, -0.15) is 0 Å². The average molecular weight is 681 g/mol. The van der Waals surface area contributed by atoms with Gasteiger partial charge >= 0.3 is 0 Å². The fraction of sp³-hybridized carbons (Fsp3) is 0.125. The normalized spacial score (nSPS) is 11.2. The Balaban J connectivity index is 1.16. The van der Waals surface area contributed by atoms with Gasteiger partial charge in [-0.15, -0.1) is 0 Å². The molecule has 4 heteroatoms. The summed E-state index contributed by atoms with van der Waals surface area (Å²) in [7, 11) is 0. The van der Waals surface area contributed by atoms with Crippen LogP contribution in [-0.4, -0.2) is 23.1 Å². The van der Waals surface area contributed by atoms with Gasteiger partial charge in [0, 0.05) is 47.9 Å². The number of carbonyl (C=O) groups is 4. The lowest BCUT2D eigenvalue weighted by atomic mass is 9.85. The quantitative estimate of drug-likeness (QED) is 0.0754. The zero-order valence-corrected chi connectivity index (χ0v) is 28.9. The Morgan fingerprint density at radius 3 is 0.788 bits per heavy atom. The maximum Gasteiger partial charge on any atom is 0.163 e. The number of hydrogen-bond donors (Lipinski definition) is 0. The predicted octanol–water partition coefficient (Wildman–Crippen LogP) is 11.1. The maximum atomic E-state index is 13.2. The van der Waals surface area contributed by atoms with E-state index < -0.39 is 0 Å². The fourth-order valence-electron chi connectivity index (χ4n) is 6.43. The molecule has 0 heterocycles. The number of hydrogen-bond acceptors (Lipinski definition) is 4. The summed E-state index contributed by atoms with van der Waals surface area (Å²) in [5.74, 6) is -0.488. The molecule has 0 N–H and O–H groups in total. The maximum absolute atomic E-state index is 13.2. The molecule has 0 radical (unpaired) electrons. The van der Waals surface area contributed by atoms with Gasteiger partial charge in [0.2, 0.25) is 0 Å². The standard InChI is InChI=1S/C48H40O4/c49-45(39-13-5-1-6-14-39)31-43(32-46(50)40-15-7-2-8-16-40)37-27-23-35(24-28-37)21-22-36-25-29-38(30-26-36)44(33-47(51)41-17-9-3-10-18-41)34-48(52)42-19-11-4-12-20-42/h1-30,43-44H,31-34H2/b22-21+. The van der Waals surface area contributed by atoms with E-state index in [9.17, 15) is 19.2 Å². The van der Waals surface area contributed by atoms with E-state index in [1.54, 1.807) is 0 Å². The molecule has 0 atom stereocenters. The Morgan fingerprint density at radius 1 is 0.327 bits per heavy atom. The van der Waals surface area contributed by atoms with Crippen LogP contribution < -0.4 is 0 Å². The molecule has 0 aliphatic carbocycles. The van der Waals surface area contributed by atoms with E-state index in [-0.39, 0.29) is 60.7 Å². The van der Waals surface area contributed by atoms with Gasteiger partial charge in [0.1, 0.15) is 0 Å². The van der Waals surface area contributed by atoms with E-state index in [1.807, 2.05) is 182 Å². The number of ketones is 4. The molecular weight excluding hydrogens is 641 g/mol. The van der Waals surface area contributed by atoms with Crippen molar-refractivity contribution in [1.29, 1.82) is 0 Å². The first-order valence-electron chi connectivity index (χ1n) is 17.6. The van der Waals surface area contributed by atoms with E-state index in [0.29, 0.717) is 22.3 Å². The smallest absolute Gasteiger partial charge is 0.163 e. The summed E-state index contributed by atoms with van der Waals surface area (Å²) in [5, 5.41) is 0. The molecule has 0 fully saturated rings. The highest BCUT2D eigenvalue weighted by Gasteiger charge is 2.23. The van der Waals surface area contributed by atoms with Crippen LogP contribution in [0.1, 0.15) is 101 Å². The van der Waals surface area contributed by atoms with Crippen molar-refractivity contribution in [2.45, 2.75) is 37.5 Å². The molecule has 0 aliphatic heterocycles. The lowest BCUT2D eigenvalue weighted by molar-refractivity contribution is 0.0928. The first-order valence-corrected chi connectivity index (χ1v) is 17.6. The van der Waals surface area contributed by atoms with Crippen LogP contribution in [0.2, 0.25) is 0 Å². The third kappa shape index (κ3) is 9.70. The summed E-state index contributed by atoms with van der Waals surface area (Å²) < 4.78 is 0. The van der Waals surface area contributed by atoms with Gasteiger partial charge in [-0.3, -0.25) is 19.2 Å². The molecule has 0 aromatic heterocycles. The minimum Gasteiger partial charge on any atom is -0.294 e. The summed E-state index contributed by atoms with van der Waals surface area (Å²) in [6.07, 6.45) is 4.98. The first kappa shape index (κ1) is 35.6. The zero-order chi connectivity index (χ0) is 36.1. The van der Waals surface area contributed by atoms with Crippen molar-refractivity contribution in [2.24, 2.45) is 0 Å². The van der Waals surface area contributed by atoms with Crippen molar-refractivity contribution in [3.05, 3.63) is 214 Å². The Hall–Kier alpha value is -6.26. The Kier molecular flexibility index (Phi) is 12.0. The highest BCUT2D eigenvalue weighted by atomic mass is 16.1. The van der Waals surface area contributed by atoms with Gasteiger partial charge in [-0.1, -0.05) is 182 Å². The van der Waals surface area contributed by atoms with E-state index in [4.69, 9.17) is 0 Å². The summed E-state index contributed by atoms with van der Waals surface area (Å²) in [4.78, 5) is 52.9. The van der Waals surface area contributed by atoms with Gasteiger partial charge in [-0.05, 0) is 34.1 Å². The summed E-state index contributed by atoms with van der Waals surface area (Å²) in [6, 6.07) is 52.9. The number of rotatable bonds is 16. The minimum absolute atomic E-state index is 0.00924. The van der Waals surface area contributed by atoms with Crippen molar-refractivity contribution >= 4 is 35.3 Å². The van der Waals surface area contributed by atoms with Gasteiger partial charge in [0.25, 0.3) is 0 Å². The molecule has 6 rings (SSSR count). The van der Waals surface area contributed by atoms with Crippen LogP contribution >= 0.6 is 0 Å². The largest absolute Gasteiger partial charge is 0.294 e. The van der Waals surface area contributed by atoms with E-state index >= 15 is 0 Å². The number of Topliss-reactive ketones (excluding diaryl/α,β-unsaturated/α-hetero) is 4. The molecule has 4 nitrogen and oxygen atoms in total. The molecule has 0 bridgehead atoms. The van der Waals surface area contributed by atoms with Crippen LogP contribution in [0, 0.1) is 0 Å². The monoisotopic (exact) mass is 680 g/mol. The minimum atomic E-state index is -0.263. The van der Waals surface area contributed by atoms with Gasteiger partial charge in [0.05, 0.1) is 0 Å². The molecule has 0 saturated heterocycles. The molecule has 0 spiro atoms. The molecule has 6 aromatic carbocycles. The molecule has 6 aromatic rings. The van der Waals surface area contributed by atoms with Crippen LogP contribution in [0.5, 0.6) is 0 Å². The van der Waals surface area contributed by atoms with Crippen molar-refractivity contribution in [3.8, 4) is 0 Å². The molecule has 0 aliphatic rings. The molecule has 0 saturated carbocycles. The summed E-state index contributed by atoms with van der Waals surface area (Å²) in [5.41, 5.74) is 6.41. The Morgan fingerprint density at radius 2 is 0.558 bits per heavy atom. The van der Waals surface area contributed by atoms with Crippen LogP contribution in [0.15, 0.2) is 170 Å². The van der Waals surface area contributed by atoms with Gasteiger partial charge in [-0.25, -0.2) is 0 Å². The van der Waals surface area contributed by atoms with Crippen molar-refractivity contribution < 1.29 is 19.2 Å². The molecule has 0 unspecified atom stereocenters. The number of benzene rings is 6. The third-order valence-electron chi connectivity index (χ3n) is 9.39. The predicted molar refractivity (Wildman–Crippen MR) is 209 cm³/mol. The van der Waals surface area contributed by atoms with Crippen molar-refractivity contribution in [3.63, 3.8) is 0 Å². The Labute approximate surface area is 305 Å². The van der Waals surface area contributed by atoms with Crippen LogP contribution in [-0.2, 0) is 0 Å². The van der Waals surface area contributed by atoms with Crippen LogP contribution in [0.3, 0.4) is 0 Å². The second-order valence-electron chi connectivity index (χ2n) is 13.0. The van der Waals surface area contributed by atoms with E-state index in [0.717, 1.165) is 22.3 Å². The second kappa shape index (κ2) is 17.6. The van der Waals surface area contributed by atoms with Crippen LogP contribution in [0.25, 0.3) is 12.2 Å². The van der Waals surface area contributed by atoms with Crippen molar-refractivity contribution in [2.75, 3.05) is 0 Å². The lowest BCUT2D eigenvalue weighted by Crippen LogP contribution is -2.13. The fourth-order valence-corrected chi connectivity index (χ4v) is 6.43. The van der Waals surface area contributed by atoms with E-state index in [1.165, 1.54) is 0 Å². The molecule has 0 amide bonds. The SMILES string of the molecule is O=C(CC(CC(=O)c1ccccc1)c1ccc(/C=C/c2ccc(C(CC(=O)c3ccccc3)CC(=O)c3ccccc3)cc2)cc1)c1ccccc1. The average Bonchev–Trinajstić information content (AvgIpc) is 3.21. The Bertz CT molecular complexity index is 1850. The zero-order valence-electron chi connectivity index (χ0n) is 28.9. The second-order valence-corrected chi connectivity index (χ2v) is 13.0. The third-order valence-corrected chi connectivity index (χ3v) is 9.39. The summed E-state index contributed by atoms with van der Waals surface area (Å²) >= 11 is 0. The highest BCUT2D eigenvalue weighted by molar-refractivity contribution is 6.00. The molecule has 256 valence electrons. The first-order chi connectivity index (χ1) is 25.4. The van der Waals surface area contributed by atoms with Crippen LogP contribution in [0.4, 0.5) is 0 Å². The molecular formula is C48H40O4. The van der Waals surface area contributed by atoms with Gasteiger partial charge in [0.15, 0.2) is 23.1 Å². The molecule has 52 heavy (non-hydrogen) atoms. The highest BCUT2D eigenvalue weighted by Crippen LogP contribution is 2.30. The summed E-state index contributed by atoms with van der Waals surface area (Å²) in [6.45, 7) is 0. The van der Waals surface area contributed by atoms with Crippen molar-refractivity contribution in [1.82, 2.24) is 0 Å². The topological polar surface area (TPSA) is 68.3 Å². The number of carbonyl (C=O) groups excluding carboxylic acids is 4. The van der Waals surface area contributed by atoms with Gasteiger partial charge < -0.3 is 0 Å². The van der Waals surface area contributed by atoms with E-state index in [2.05, 4.69) is 0 Å². The lowest BCUT2D eigenvalue weighted by Gasteiger charge is -2.17.